The molecule has 150 valence electrons. The lowest BCUT2D eigenvalue weighted by molar-refractivity contribution is -0.137. The minimum absolute atomic E-state index is 0.102. The largest absolute Gasteiger partial charge is 0.417 e. The summed E-state index contributed by atoms with van der Waals surface area (Å²) in [6.45, 7) is 3.50. The van der Waals surface area contributed by atoms with E-state index in [0.29, 0.717) is 5.56 Å². The van der Waals surface area contributed by atoms with Gasteiger partial charge < -0.3 is 4.98 Å². The third-order valence-electron chi connectivity index (χ3n) is 4.55. The second kappa shape index (κ2) is 7.07. The molecular formula is C19H14ClF3N4OS. The summed E-state index contributed by atoms with van der Waals surface area (Å²) in [6.07, 6.45) is -3.68. The molecule has 1 aromatic carbocycles. The molecule has 10 heteroatoms. The van der Waals surface area contributed by atoms with Gasteiger partial charge in [-0.05, 0) is 26.0 Å². The van der Waals surface area contributed by atoms with Crippen molar-refractivity contribution in [2.45, 2.75) is 30.4 Å². The third kappa shape index (κ3) is 3.49. The molecular weight excluding hydrogens is 425 g/mol. The molecule has 1 N–H and O–H groups in total. The Morgan fingerprint density at radius 2 is 2.00 bits per heavy atom. The van der Waals surface area contributed by atoms with E-state index >= 15 is 0 Å². The summed E-state index contributed by atoms with van der Waals surface area (Å²) >= 11 is 6.98. The predicted molar refractivity (Wildman–Crippen MR) is 106 cm³/mol. The minimum atomic E-state index is -4.56. The van der Waals surface area contributed by atoms with Crippen molar-refractivity contribution >= 4 is 45.7 Å². The van der Waals surface area contributed by atoms with Gasteiger partial charge in [-0.3, -0.25) is 9.20 Å². The highest BCUT2D eigenvalue weighted by atomic mass is 35.5. The van der Waals surface area contributed by atoms with Gasteiger partial charge in [-0.2, -0.15) is 13.2 Å². The summed E-state index contributed by atoms with van der Waals surface area (Å²) in [7, 11) is 0. The van der Waals surface area contributed by atoms with Crippen molar-refractivity contribution in [2.75, 3.05) is 0 Å². The lowest BCUT2D eigenvalue weighted by Crippen LogP contribution is -2.15. The fourth-order valence-corrected chi connectivity index (χ4v) is 4.31. The molecule has 0 unspecified atom stereocenters. The normalized spacial score (nSPS) is 13.3. The van der Waals surface area contributed by atoms with Crippen LogP contribution in [-0.2, 0) is 6.18 Å². The van der Waals surface area contributed by atoms with E-state index in [-0.39, 0.29) is 21.6 Å². The number of hydrogen-bond donors (Lipinski definition) is 1. The Morgan fingerprint density at radius 1 is 1.28 bits per heavy atom. The highest BCUT2D eigenvalue weighted by molar-refractivity contribution is 8.00. The zero-order chi connectivity index (χ0) is 20.9. The Kier molecular flexibility index (Phi) is 4.82. The number of rotatable bonds is 4. The number of fused-ring (bicyclic) bond motifs is 2. The average molecular weight is 439 g/mol. The molecule has 0 aliphatic heterocycles. The van der Waals surface area contributed by atoms with Crippen LogP contribution >= 0.6 is 23.4 Å². The van der Waals surface area contributed by atoms with Crippen LogP contribution in [0.4, 0.5) is 13.2 Å². The first-order valence-corrected chi connectivity index (χ1v) is 9.82. The van der Waals surface area contributed by atoms with E-state index in [0.717, 1.165) is 40.6 Å². The number of ketones is 1. The van der Waals surface area contributed by atoms with Crippen molar-refractivity contribution in [3.05, 3.63) is 58.4 Å². The van der Waals surface area contributed by atoms with Crippen molar-refractivity contribution in [3.63, 3.8) is 0 Å². The van der Waals surface area contributed by atoms with Crippen LogP contribution in [0.15, 0.2) is 41.7 Å². The molecule has 0 aliphatic rings. The van der Waals surface area contributed by atoms with E-state index in [9.17, 15) is 18.0 Å². The van der Waals surface area contributed by atoms with Crippen LogP contribution in [0, 0.1) is 6.92 Å². The van der Waals surface area contributed by atoms with Gasteiger partial charge in [-0.25, -0.2) is 0 Å². The second-order valence-electron chi connectivity index (χ2n) is 6.55. The molecule has 3 aromatic heterocycles. The first-order valence-electron chi connectivity index (χ1n) is 8.56. The zero-order valence-corrected chi connectivity index (χ0v) is 16.8. The summed E-state index contributed by atoms with van der Waals surface area (Å²) in [4.78, 5) is 16.3. The smallest absolute Gasteiger partial charge is 0.358 e. The van der Waals surface area contributed by atoms with Crippen LogP contribution < -0.4 is 0 Å². The third-order valence-corrected chi connectivity index (χ3v) is 5.88. The van der Waals surface area contributed by atoms with Crippen LogP contribution in [-0.4, -0.2) is 30.6 Å². The lowest BCUT2D eigenvalue weighted by atomic mass is 10.1. The quantitative estimate of drug-likeness (QED) is 0.335. The Balaban J connectivity index is 1.70. The number of alkyl halides is 3. The van der Waals surface area contributed by atoms with Crippen LogP contribution in [0.25, 0.3) is 16.6 Å². The molecule has 29 heavy (non-hydrogen) atoms. The molecule has 5 nitrogen and oxygen atoms in total. The fraction of sp³-hybridized carbons (Fsp3) is 0.211. The molecule has 3 heterocycles. The van der Waals surface area contributed by atoms with Crippen LogP contribution in [0.3, 0.4) is 0 Å². The van der Waals surface area contributed by atoms with Gasteiger partial charge in [0, 0.05) is 28.4 Å². The van der Waals surface area contributed by atoms with Gasteiger partial charge in [0.25, 0.3) is 0 Å². The molecule has 0 saturated carbocycles. The number of pyridine rings is 1. The summed E-state index contributed by atoms with van der Waals surface area (Å²) < 4.78 is 40.5. The molecule has 4 aromatic rings. The first-order chi connectivity index (χ1) is 13.7. The van der Waals surface area contributed by atoms with E-state index in [2.05, 4.69) is 15.2 Å². The number of H-pyrrole nitrogens is 1. The van der Waals surface area contributed by atoms with Crippen LogP contribution in [0.2, 0.25) is 5.02 Å². The van der Waals surface area contributed by atoms with E-state index < -0.39 is 17.0 Å². The Morgan fingerprint density at radius 3 is 2.72 bits per heavy atom. The number of nitrogens with one attached hydrogen (secondary N) is 1. The molecule has 1 atom stereocenters. The van der Waals surface area contributed by atoms with E-state index in [1.54, 1.807) is 6.92 Å². The van der Waals surface area contributed by atoms with Crippen molar-refractivity contribution in [1.82, 2.24) is 19.6 Å². The van der Waals surface area contributed by atoms with E-state index in [1.807, 2.05) is 31.2 Å². The van der Waals surface area contributed by atoms with Crippen molar-refractivity contribution in [3.8, 4) is 0 Å². The van der Waals surface area contributed by atoms with Gasteiger partial charge in [0.05, 0.1) is 15.8 Å². The molecule has 0 fully saturated rings. The number of carbonyl (C=O) groups is 1. The van der Waals surface area contributed by atoms with Crippen molar-refractivity contribution < 1.29 is 18.0 Å². The van der Waals surface area contributed by atoms with Gasteiger partial charge in [-0.1, -0.05) is 41.6 Å². The Labute approximate surface area is 172 Å². The van der Waals surface area contributed by atoms with Gasteiger partial charge >= 0.3 is 6.18 Å². The SMILES string of the molecule is Cc1[nH]c2ccccc2c1C(=O)[C@@H](C)Sc1nnc2c(Cl)cc(C(F)(F)F)cn12. The predicted octanol–water partition coefficient (Wildman–Crippen LogP) is 5.55. The van der Waals surface area contributed by atoms with E-state index in [1.165, 1.54) is 4.40 Å². The maximum atomic E-state index is 13.1. The van der Waals surface area contributed by atoms with Gasteiger partial charge in [-0.15, -0.1) is 10.2 Å². The van der Waals surface area contributed by atoms with Gasteiger partial charge in [0.2, 0.25) is 0 Å². The number of benzene rings is 1. The number of thioether (sulfide) groups is 1. The molecule has 4 rings (SSSR count). The number of hydrogen-bond acceptors (Lipinski definition) is 4. The molecule has 0 bridgehead atoms. The number of para-hydroxylation sites is 1. The maximum Gasteiger partial charge on any atom is 0.417 e. The molecule has 0 amide bonds. The number of aromatic nitrogens is 4. The molecule has 0 aliphatic carbocycles. The number of Topliss-reactive ketones (excluding diaryl/α,β-unsaturated/α-hetero) is 1. The number of halogens is 4. The van der Waals surface area contributed by atoms with Crippen molar-refractivity contribution in [1.29, 1.82) is 0 Å². The number of aromatic amines is 1. The number of carbonyl (C=O) groups excluding carboxylic acids is 1. The van der Waals surface area contributed by atoms with E-state index in [4.69, 9.17) is 11.6 Å². The van der Waals surface area contributed by atoms with Crippen molar-refractivity contribution in [2.24, 2.45) is 0 Å². The second-order valence-corrected chi connectivity index (χ2v) is 8.26. The summed E-state index contributed by atoms with van der Waals surface area (Å²) in [5.41, 5.74) is 1.33. The molecule has 0 saturated heterocycles. The highest BCUT2D eigenvalue weighted by Crippen LogP contribution is 2.34. The Bertz CT molecular complexity index is 1250. The minimum Gasteiger partial charge on any atom is -0.358 e. The van der Waals surface area contributed by atoms with Crippen LogP contribution in [0.1, 0.15) is 28.5 Å². The number of nitrogens with zero attached hydrogens (tertiary/aromatic N) is 3. The topological polar surface area (TPSA) is 63.0 Å². The van der Waals surface area contributed by atoms with Gasteiger partial charge in [0.15, 0.2) is 16.6 Å². The summed E-state index contributed by atoms with van der Waals surface area (Å²) in [6, 6.07) is 8.25. The molecule has 0 spiro atoms. The monoisotopic (exact) mass is 438 g/mol. The van der Waals surface area contributed by atoms with Gasteiger partial charge in [0.1, 0.15) is 0 Å². The summed E-state index contributed by atoms with van der Waals surface area (Å²) in [5, 5.41) is 7.99. The highest BCUT2D eigenvalue weighted by Gasteiger charge is 2.32. The lowest BCUT2D eigenvalue weighted by Gasteiger charge is -2.11. The first kappa shape index (κ1) is 19.8. The standard InChI is InChI=1S/C19H14ClF3N4OS/c1-9-15(12-5-3-4-6-14(12)24-9)16(28)10(2)29-18-26-25-17-13(20)7-11(8-27(17)18)19(21,22)23/h3-8,10,24H,1-2H3/t10-/m1/s1. The zero-order valence-electron chi connectivity index (χ0n) is 15.2. The Hall–Kier alpha value is -2.52. The summed E-state index contributed by atoms with van der Waals surface area (Å²) in [5.74, 6) is -0.153. The molecule has 0 radical (unpaired) electrons. The maximum absolute atomic E-state index is 13.1. The van der Waals surface area contributed by atoms with Crippen LogP contribution in [0.5, 0.6) is 0 Å². The number of aryl methyl sites for hydroxylation is 1. The average Bonchev–Trinajstić information content (AvgIpc) is 3.20. The fourth-order valence-electron chi connectivity index (χ4n) is 3.18.